The van der Waals surface area contributed by atoms with E-state index < -0.39 is 5.97 Å². The van der Waals surface area contributed by atoms with E-state index in [1.807, 2.05) is 6.92 Å². The van der Waals surface area contributed by atoms with Crippen LogP contribution in [-0.2, 0) is 14.2 Å². The first-order valence-electron chi connectivity index (χ1n) is 4.37. The maximum Gasteiger partial charge on any atom is 0.282 e. The molecule has 0 aliphatic carbocycles. The molecule has 0 aromatic heterocycles. The zero-order valence-electron chi connectivity index (χ0n) is 8.35. The van der Waals surface area contributed by atoms with Crippen LogP contribution in [0.3, 0.4) is 0 Å². The Morgan fingerprint density at radius 1 is 1.25 bits per heavy atom. The van der Waals surface area contributed by atoms with Crippen LogP contribution in [0.15, 0.2) is 0 Å². The lowest BCUT2D eigenvalue weighted by Crippen LogP contribution is -2.48. The molecule has 0 bridgehead atoms. The van der Waals surface area contributed by atoms with Crippen LogP contribution in [-0.4, -0.2) is 26.3 Å². The van der Waals surface area contributed by atoms with Crippen molar-refractivity contribution < 1.29 is 14.2 Å². The Bertz CT molecular complexity index is 138. The minimum atomic E-state index is -0.782. The van der Waals surface area contributed by atoms with Crippen LogP contribution in [0.5, 0.6) is 0 Å². The van der Waals surface area contributed by atoms with Gasteiger partial charge < -0.3 is 14.2 Å². The summed E-state index contributed by atoms with van der Waals surface area (Å²) in [5, 5.41) is 0. The van der Waals surface area contributed by atoms with E-state index in [2.05, 4.69) is 13.8 Å². The molecule has 0 saturated carbocycles. The third-order valence-corrected chi connectivity index (χ3v) is 2.11. The van der Waals surface area contributed by atoms with Crippen molar-refractivity contribution >= 4 is 0 Å². The highest BCUT2D eigenvalue weighted by atomic mass is 16.9. The maximum atomic E-state index is 5.53. The molecule has 0 amide bonds. The van der Waals surface area contributed by atoms with Gasteiger partial charge in [0.15, 0.2) is 0 Å². The van der Waals surface area contributed by atoms with Gasteiger partial charge in [-0.05, 0) is 0 Å². The van der Waals surface area contributed by atoms with Gasteiger partial charge in [-0.2, -0.15) is 0 Å². The summed E-state index contributed by atoms with van der Waals surface area (Å²) < 4.78 is 16.2. The van der Waals surface area contributed by atoms with Gasteiger partial charge >= 0.3 is 0 Å². The second-order valence-corrected chi connectivity index (χ2v) is 3.98. The topological polar surface area (TPSA) is 27.7 Å². The zero-order chi connectivity index (χ0) is 9.24. The van der Waals surface area contributed by atoms with E-state index >= 15 is 0 Å². The average molecular weight is 174 g/mol. The Morgan fingerprint density at radius 2 is 1.75 bits per heavy atom. The fourth-order valence-corrected chi connectivity index (χ4v) is 1.16. The Kier molecular flexibility index (Phi) is 2.76. The summed E-state index contributed by atoms with van der Waals surface area (Å²) in [5.41, 5.74) is 0.108. The molecule has 1 heterocycles. The number of methoxy groups -OCH3 is 1. The van der Waals surface area contributed by atoms with E-state index in [0.717, 1.165) is 6.42 Å². The summed E-state index contributed by atoms with van der Waals surface area (Å²) in [7, 11) is 1.61. The van der Waals surface area contributed by atoms with Gasteiger partial charge in [-0.3, -0.25) is 0 Å². The largest absolute Gasteiger partial charge is 0.331 e. The summed E-state index contributed by atoms with van der Waals surface area (Å²) in [6, 6.07) is 0. The van der Waals surface area contributed by atoms with Crippen LogP contribution in [0.2, 0.25) is 0 Å². The molecule has 0 atom stereocenters. The van der Waals surface area contributed by atoms with Crippen molar-refractivity contribution in [2.75, 3.05) is 20.3 Å². The van der Waals surface area contributed by atoms with Crippen molar-refractivity contribution in [1.82, 2.24) is 0 Å². The fourth-order valence-electron chi connectivity index (χ4n) is 1.16. The molecule has 0 aromatic carbocycles. The molecular weight excluding hydrogens is 156 g/mol. The van der Waals surface area contributed by atoms with E-state index in [-0.39, 0.29) is 5.41 Å². The quantitative estimate of drug-likeness (QED) is 0.638. The highest BCUT2D eigenvalue weighted by Crippen LogP contribution is 2.31. The molecule has 0 radical (unpaired) electrons. The lowest BCUT2D eigenvalue weighted by molar-refractivity contribution is -0.410. The maximum absolute atomic E-state index is 5.53. The Morgan fingerprint density at radius 3 is 2.08 bits per heavy atom. The van der Waals surface area contributed by atoms with Gasteiger partial charge in [0.05, 0.1) is 13.2 Å². The molecule has 0 N–H and O–H groups in total. The van der Waals surface area contributed by atoms with Crippen LogP contribution in [0, 0.1) is 5.41 Å². The monoisotopic (exact) mass is 174 g/mol. The van der Waals surface area contributed by atoms with Crippen molar-refractivity contribution in [2.24, 2.45) is 5.41 Å². The fraction of sp³-hybridized carbons (Fsp3) is 1.00. The molecule has 1 fully saturated rings. The lowest BCUT2D eigenvalue weighted by atomic mass is 9.95. The van der Waals surface area contributed by atoms with Crippen molar-refractivity contribution in [3.63, 3.8) is 0 Å². The average Bonchev–Trinajstić information content (AvgIpc) is 2.06. The van der Waals surface area contributed by atoms with E-state index in [9.17, 15) is 0 Å². The van der Waals surface area contributed by atoms with Crippen molar-refractivity contribution in [3.8, 4) is 0 Å². The third-order valence-electron chi connectivity index (χ3n) is 2.11. The number of ether oxygens (including phenoxy) is 3. The predicted molar refractivity (Wildman–Crippen MR) is 45.7 cm³/mol. The van der Waals surface area contributed by atoms with Gasteiger partial charge in [-0.25, -0.2) is 0 Å². The van der Waals surface area contributed by atoms with E-state index in [4.69, 9.17) is 14.2 Å². The molecule has 72 valence electrons. The van der Waals surface area contributed by atoms with E-state index in [1.165, 1.54) is 0 Å². The van der Waals surface area contributed by atoms with Gasteiger partial charge in [0.25, 0.3) is 5.97 Å². The second kappa shape index (κ2) is 3.32. The molecule has 1 aliphatic heterocycles. The molecule has 1 saturated heterocycles. The standard InChI is InChI=1S/C9H18O3/c1-5-9(10-4)11-6-8(2,3)7-12-9/h5-7H2,1-4H3. The van der Waals surface area contributed by atoms with Crippen LogP contribution in [0.25, 0.3) is 0 Å². The van der Waals surface area contributed by atoms with E-state index in [1.54, 1.807) is 7.11 Å². The number of rotatable bonds is 2. The molecule has 0 unspecified atom stereocenters. The van der Waals surface area contributed by atoms with Gasteiger partial charge in [0, 0.05) is 18.9 Å². The Hall–Kier alpha value is -0.120. The van der Waals surface area contributed by atoms with Crippen molar-refractivity contribution in [3.05, 3.63) is 0 Å². The van der Waals surface area contributed by atoms with Crippen LogP contribution in [0.4, 0.5) is 0 Å². The smallest absolute Gasteiger partial charge is 0.282 e. The highest BCUT2D eigenvalue weighted by molar-refractivity contribution is 4.73. The normalized spacial score (nSPS) is 27.0. The second-order valence-electron chi connectivity index (χ2n) is 3.98. The van der Waals surface area contributed by atoms with Crippen LogP contribution >= 0.6 is 0 Å². The van der Waals surface area contributed by atoms with E-state index in [0.29, 0.717) is 13.2 Å². The predicted octanol–water partition coefficient (Wildman–Crippen LogP) is 1.77. The first-order chi connectivity index (χ1) is 5.54. The van der Waals surface area contributed by atoms with Gasteiger partial charge in [-0.1, -0.05) is 20.8 Å². The summed E-state index contributed by atoms with van der Waals surface area (Å²) in [4.78, 5) is 0. The van der Waals surface area contributed by atoms with Gasteiger partial charge in [0.2, 0.25) is 0 Å². The molecule has 1 aliphatic rings. The zero-order valence-corrected chi connectivity index (χ0v) is 8.35. The molecule has 0 aromatic rings. The number of hydrogen-bond acceptors (Lipinski definition) is 3. The molecule has 0 spiro atoms. The summed E-state index contributed by atoms with van der Waals surface area (Å²) in [5.74, 6) is -0.782. The first-order valence-corrected chi connectivity index (χ1v) is 4.37. The molecule has 12 heavy (non-hydrogen) atoms. The van der Waals surface area contributed by atoms with Crippen LogP contribution < -0.4 is 0 Å². The number of hydrogen-bond donors (Lipinski definition) is 0. The van der Waals surface area contributed by atoms with Gasteiger partial charge in [-0.15, -0.1) is 0 Å². The minimum absolute atomic E-state index is 0.108. The summed E-state index contributed by atoms with van der Waals surface area (Å²) in [6.45, 7) is 7.59. The van der Waals surface area contributed by atoms with Gasteiger partial charge in [0.1, 0.15) is 0 Å². The third kappa shape index (κ3) is 1.97. The molecular formula is C9H18O3. The molecule has 3 heteroatoms. The Labute approximate surface area is 74.0 Å². The lowest BCUT2D eigenvalue weighted by Gasteiger charge is -2.41. The first kappa shape index (κ1) is 9.96. The summed E-state index contributed by atoms with van der Waals surface area (Å²) in [6.07, 6.45) is 0.722. The van der Waals surface area contributed by atoms with Crippen molar-refractivity contribution in [2.45, 2.75) is 33.2 Å². The minimum Gasteiger partial charge on any atom is -0.331 e. The summed E-state index contributed by atoms with van der Waals surface area (Å²) >= 11 is 0. The SMILES string of the molecule is CCC1(OC)OCC(C)(C)CO1. The van der Waals surface area contributed by atoms with Crippen LogP contribution in [0.1, 0.15) is 27.2 Å². The van der Waals surface area contributed by atoms with Crippen molar-refractivity contribution in [1.29, 1.82) is 0 Å². The molecule has 3 nitrogen and oxygen atoms in total. The molecule has 1 rings (SSSR count). The highest BCUT2D eigenvalue weighted by Gasteiger charge is 2.39. The Balaban J connectivity index is 2.53.